The minimum absolute atomic E-state index is 0. The average molecular weight is 305 g/mol. The smallest absolute Gasteiger partial charge is 0.425 e. The van der Waals surface area contributed by atoms with Crippen LogP contribution in [0.15, 0.2) is 35.2 Å². The molecule has 0 saturated carbocycles. The Morgan fingerprint density at radius 3 is 1.69 bits per heavy atom. The van der Waals surface area contributed by atoms with Gasteiger partial charge in [-0.1, -0.05) is 35.2 Å². The van der Waals surface area contributed by atoms with Crippen LogP contribution >= 0.6 is 0 Å². The Morgan fingerprint density at radius 2 is 1.46 bits per heavy atom. The second kappa shape index (κ2) is 10.0. The van der Waals surface area contributed by atoms with Crippen molar-refractivity contribution in [3.63, 3.8) is 0 Å². The molecule has 0 fully saturated rings. The van der Waals surface area contributed by atoms with E-state index in [1.807, 2.05) is 0 Å². The minimum atomic E-state index is -2.08. The van der Waals surface area contributed by atoms with Crippen molar-refractivity contribution >= 4 is 10.7 Å². The summed E-state index contributed by atoms with van der Waals surface area (Å²) in [5.41, 5.74) is 0. The van der Waals surface area contributed by atoms with Crippen LogP contribution in [0.2, 0.25) is 0 Å². The third kappa shape index (κ3) is 8.29. The fraction of sp³-hybridized carbons (Fsp3) is 0. The van der Waals surface area contributed by atoms with Crippen molar-refractivity contribution in [2.75, 3.05) is 0 Å². The topological polar surface area (TPSA) is 34.1 Å². The molecule has 0 saturated heterocycles. The van der Waals surface area contributed by atoms with Gasteiger partial charge in [0.25, 0.3) is 0 Å². The van der Waals surface area contributed by atoms with Crippen LogP contribution in [-0.2, 0) is 46.4 Å². The summed E-state index contributed by atoms with van der Waals surface area (Å²) in [5.74, 6) is 0. The van der Waals surface area contributed by atoms with E-state index in [1.54, 1.807) is 30.3 Å². The second-order valence-electron chi connectivity index (χ2n) is 1.63. The first-order valence-electron chi connectivity index (χ1n) is 2.88. The van der Waals surface area contributed by atoms with Gasteiger partial charge >= 0.3 is 27.3 Å². The standard InChI is InChI=1S/C6H5O2S.CHF2.Cd/c7-9(8)6-4-2-1-3-5-6;2-1-3;/h1-5H;1H;/q2*-1;+2. The van der Waals surface area contributed by atoms with Crippen LogP contribution in [0.5, 0.6) is 0 Å². The zero-order valence-corrected chi connectivity index (χ0v) is 11.5. The van der Waals surface area contributed by atoms with E-state index in [1.165, 1.54) is 0 Å². The van der Waals surface area contributed by atoms with Gasteiger partial charge in [-0.2, -0.15) is 0 Å². The molecule has 0 aliphatic rings. The molecule has 0 aliphatic heterocycles. The molecule has 13 heavy (non-hydrogen) atoms. The molecule has 6 heteroatoms. The van der Waals surface area contributed by atoms with E-state index in [-0.39, 0.29) is 27.3 Å². The summed E-state index contributed by atoms with van der Waals surface area (Å²) < 4.78 is 39.4. The van der Waals surface area contributed by atoms with E-state index in [4.69, 9.17) is 0 Å². The summed E-state index contributed by atoms with van der Waals surface area (Å²) in [6, 6.07) is 8.23. The van der Waals surface area contributed by atoms with Gasteiger partial charge in [0.2, 0.25) is 0 Å². The van der Waals surface area contributed by atoms with Gasteiger partial charge in [0.05, 0.1) is 0 Å². The van der Waals surface area contributed by atoms with Crippen molar-refractivity contribution in [1.82, 2.24) is 0 Å². The van der Waals surface area contributed by atoms with E-state index in [0.717, 1.165) is 0 Å². The van der Waals surface area contributed by atoms with Gasteiger partial charge in [-0.3, -0.25) is 0 Å². The number of benzene rings is 1. The summed E-state index contributed by atoms with van der Waals surface area (Å²) in [7, 11) is -2.08. The molecule has 0 aliphatic carbocycles. The molecule has 0 aromatic heterocycles. The molecule has 0 amide bonds. The van der Waals surface area contributed by atoms with Gasteiger partial charge in [-0.25, -0.2) is 0 Å². The van der Waals surface area contributed by atoms with Crippen LogP contribution in [-0.4, -0.2) is 0 Å². The van der Waals surface area contributed by atoms with Crippen LogP contribution in [0, 0.1) is 6.93 Å². The van der Waals surface area contributed by atoms with Gasteiger partial charge in [-0.15, -0.1) is 0 Å². The van der Waals surface area contributed by atoms with E-state index in [0.29, 0.717) is 4.90 Å². The molecular formula is C7H6CdF2O2S. The van der Waals surface area contributed by atoms with Crippen molar-refractivity contribution in [2.45, 2.75) is 4.90 Å². The first kappa shape index (κ1) is 15.4. The number of halogens is 2. The summed E-state index contributed by atoms with van der Waals surface area (Å²) in [6.45, 7) is -1.00. The number of hydrogen-bond donors (Lipinski definition) is 0. The van der Waals surface area contributed by atoms with Crippen LogP contribution in [0.25, 0.3) is 0 Å². The fourth-order valence-electron chi connectivity index (χ4n) is 0.532. The Hall–Kier alpha value is -0.0479. The number of hydrogen-bond acceptors (Lipinski definition) is 3. The SMILES string of the molecule is F[CH-]F.O=[S-](=O)c1ccccc1.[Cd+2]. The van der Waals surface area contributed by atoms with Crippen LogP contribution in [0.4, 0.5) is 8.78 Å². The predicted octanol–water partition coefficient (Wildman–Crippen LogP) is 2.40. The Labute approximate surface area is 97.1 Å². The monoisotopic (exact) mass is 306 g/mol. The maximum Gasteiger partial charge on any atom is 2.00 e. The second-order valence-corrected chi connectivity index (χ2v) is 2.57. The van der Waals surface area contributed by atoms with Crippen molar-refractivity contribution in [3.8, 4) is 0 Å². The molecule has 0 radical (unpaired) electrons. The van der Waals surface area contributed by atoms with Gasteiger partial charge < -0.3 is 17.2 Å². The normalized spacial score (nSPS) is 8.23. The van der Waals surface area contributed by atoms with E-state index in [9.17, 15) is 17.2 Å². The van der Waals surface area contributed by atoms with Gasteiger partial charge in [0, 0.05) is 0 Å². The molecule has 0 bridgehead atoms. The summed E-state index contributed by atoms with van der Waals surface area (Å²) >= 11 is 0. The molecule has 0 spiro atoms. The average Bonchev–Trinajstić information content (AvgIpc) is 2.07. The van der Waals surface area contributed by atoms with Gasteiger partial charge in [0.15, 0.2) is 0 Å². The molecule has 2 nitrogen and oxygen atoms in total. The quantitative estimate of drug-likeness (QED) is 0.453. The molecular weight excluding hydrogens is 299 g/mol. The first-order chi connectivity index (χ1) is 5.72. The van der Waals surface area contributed by atoms with Crippen LogP contribution in [0.1, 0.15) is 0 Å². The van der Waals surface area contributed by atoms with E-state index < -0.39 is 17.6 Å². The third-order valence-corrected chi connectivity index (χ3v) is 1.59. The summed E-state index contributed by atoms with van der Waals surface area (Å²) in [4.78, 5) is 0.331. The molecule has 1 rings (SSSR count). The van der Waals surface area contributed by atoms with Crippen LogP contribution in [0.3, 0.4) is 0 Å². The molecule has 1 aromatic carbocycles. The van der Waals surface area contributed by atoms with Crippen LogP contribution < -0.4 is 0 Å². The maximum atomic E-state index is 10.2. The Bertz CT molecular complexity index is 269. The Morgan fingerprint density at radius 1 is 1.08 bits per heavy atom. The van der Waals surface area contributed by atoms with E-state index >= 15 is 0 Å². The molecule has 0 unspecified atom stereocenters. The van der Waals surface area contributed by atoms with Gasteiger partial charge in [0.1, 0.15) is 0 Å². The predicted molar refractivity (Wildman–Crippen MR) is 40.0 cm³/mol. The van der Waals surface area contributed by atoms with Crippen molar-refractivity contribution in [3.05, 3.63) is 37.3 Å². The maximum absolute atomic E-state index is 10.2. The Kier molecular flexibility index (Phi) is 11.9. The molecule has 68 valence electrons. The van der Waals surface area contributed by atoms with E-state index in [2.05, 4.69) is 0 Å². The minimum Gasteiger partial charge on any atom is -0.425 e. The van der Waals surface area contributed by atoms with Crippen molar-refractivity contribution in [2.24, 2.45) is 0 Å². The van der Waals surface area contributed by atoms with Crippen molar-refractivity contribution < 1.29 is 44.5 Å². The summed E-state index contributed by atoms with van der Waals surface area (Å²) in [5, 5.41) is 0. The Balaban J connectivity index is 0. The zero-order valence-electron chi connectivity index (χ0n) is 6.65. The number of rotatable bonds is 1. The molecule has 0 atom stereocenters. The third-order valence-electron chi connectivity index (χ3n) is 0.936. The zero-order chi connectivity index (χ0) is 9.40. The molecule has 0 N–H and O–H groups in total. The van der Waals surface area contributed by atoms with Crippen molar-refractivity contribution in [1.29, 1.82) is 0 Å². The first-order valence-corrected chi connectivity index (χ1v) is 3.96. The molecule has 1 aromatic rings. The van der Waals surface area contributed by atoms with Gasteiger partial charge in [-0.05, 0) is 17.6 Å². The largest absolute Gasteiger partial charge is 2.00 e. The fourth-order valence-corrected chi connectivity index (χ4v) is 0.911. The molecule has 0 heterocycles. The summed E-state index contributed by atoms with van der Waals surface area (Å²) in [6.07, 6.45) is 0.